The van der Waals surface area contributed by atoms with E-state index in [9.17, 15) is 4.79 Å². The summed E-state index contributed by atoms with van der Waals surface area (Å²) in [6.45, 7) is 6.82. The van der Waals surface area contributed by atoms with Crippen molar-refractivity contribution in [3.8, 4) is 0 Å². The van der Waals surface area contributed by atoms with Crippen LogP contribution >= 0.6 is 0 Å². The summed E-state index contributed by atoms with van der Waals surface area (Å²) in [5, 5.41) is 3.09. The third-order valence-corrected chi connectivity index (χ3v) is 4.53. The van der Waals surface area contributed by atoms with E-state index in [2.05, 4.69) is 26.1 Å². The molecule has 14 heavy (non-hydrogen) atoms. The number of amides is 1. The van der Waals surface area contributed by atoms with Crippen LogP contribution < -0.4 is 5.32 Å². The minimum Gasteiger partial charge on any atom is -0.353 e. The van der Waals surface area contributed by atoms with Gasteiger partial charge < -0.3 is 5.32 Å². The summed E-state index contributed by atoms with van der Waals surface area (Å²) in [4.78, 5) is 11.5. The minimum atomic E-state index is 0.262. The smallest absolute Gasteiger partial charge is 0.220 e. The van der Waals surface area contributed by atoms with Crippen LogP contribution in [-0.2, 0) is 4.79 Å². The van der Waals surface area contributed by atoms with Gasteiger partial charge in [-0.15, -0.1) is 0 Å². The molecule has 1 heterocycles. The Balaban J connectivity index is 2.23. The van der Waals surface area contributed by atoms with Gasteiger partial charge in [0.2, 0.25) is 5.91 Å². The third kappa shape index (κ3) is 1.35. The van der Waals surface area contributed by atoms with Gasteiger partial charge in [-0.05, 0) is 31.6 Å². The normalized spacial score (nSPS) is 48.2. The molecule has 1 saturated carbocycles. The second-order valence-corrected chi connectivity index (χ2v) is 5.49. The number of nitrogens with one attached hydrogen (secondary N) is 1. The molecule has 1 aliphatic heterocycles. The van der Waals surface area contributed by atoms with E-state index in [1.165, 1.54) is 19.3 Å². The van der Waals surface area contributed by atoms with Crippen molar-refractivity contribution in [2.75, 3.05) is 0 Å². The highest BCUT2D eigenvalue weighted by atomic mass is 16.2. The molecule has 1 spiro atoms. The fourth-order valence-corrected chi connectivity index (χ4v) is 3.51. The number of carbonyl (C=O) groups is 1. The topological polar surface area (TPSA) is 29.1 Å². The Morgan fingerprint density at radius 1 is 1.29 bits per heavy atom. The first-order valence-electron chi connectivity index (χ1n) is 5.84. The van der Waals surface area contributed by atoms with Crippen LogP contribution in [0.1, 0.15) is 46.5 Å². The van der Waals surface area contributed by atoms with Crippen LogP contribution in [-0.4, -0.2) is 11.9 Å². The summed E-state index contributed by atoms with van der Waals surface area (Å²) < 4.78 is 0. The fraction of sp³-hybridized carbons (Fsp3) is 0.917. The quantitative estimate of drug-likeness (QED) is 0.631. The van der Waals surface area contributed by atoms with Crippen LogP contribution in [0.15, 0.2) is 0 Å². The molecular formula is C12H21NO. The largest absolute Gasteiger partial charge is 0.353 e. The Hall–Kier alpha value is -0.530. The van der Waals surface area contributed by atoms with Crippen molar-refractivity contribution in [2.24, 2.45) is 17.3 Å². The van der Waals surface area contributed by atoms with Crippen molar-refractivity contribution in [1.29, 1.82) is 0 Å². The molecule has 0 aromatic rings. The SMILES string of the molecule is CC1CCC(C)C2(CC(=O)NC2C)C1. The van der Waals surface area contributed by atoms with Crippen molar-refractivity contribution in [3.05, 3.63) is 0 Å². The maximum Gasteiger partial charge on any atom is 0.220 e. The molecule has 0 bridgehead atoms. The van der Waals surface area contributed by atoms with Crippen molar-refractivity contribution in [2.45, 2.75) is 52.5 Å². The molecule has 2 rings (SSSR count). The molecule has 4 unspecified atom stereocenters. The third-order valence-electron chi connectivity index (χ3n) is 4.53. The van der Waals surface area contributed by atoms with Crippen LogP contribution in [0, 0.1) is 17.3 Å². The van der Waals surface area contributed by atoms with E-state index in [-0.39, 0.29) is 11.3 Å². The van der Waals surface area contributed by atoms with E-state index in [0.717, 1.165) is 12.3 Å². The highest BCUT2D eigenvalue weighted by Gasteiger charge is 2.50. The number of carbonyl (C=O) groups excluding carboxylic acids is 1. The van der Waals surface area contributed by atoms with Crippen LogP contribution in [0.5, 0.6) is 0 Å². The van der Waals surface area contributed by atoms with E-state index in [1.807, 2.05) is 0 Å². The van der Waals surface area contributed by atoms with Gasteiger partial charge in [-0.2, -0.15) is 0 Å². The van der Waals surface area contributed by atoms with Gasteiger partial charge in [0.1, 0.15) is 0 Å². The highest BCUT2D eigenvalue weighted by Crippen LogP contribution is 2.50. The van der Waals surface area contributed by atoms with E-state index in [4.69, 9.17) is 0 Å². The van der Waals surface area contributed by atoms with Crippen LogP contribution in [0.3, 0.4) is 0 Å². The van der Waals surface area contributed by atoms with Gasteiger partial charge in [0.05, 0.1) is 0 Å². The molecule has 2 aliphatic rings. The average molecular weight is 195 g/mol. The highest BCUT2D eigenvalue weighted by molar-refractivity contribution is 5.80. The molecule has 2 heteroatoms. The zero-order chi connectivity index (χ0) is 10.3. The van der Waals surface area contributed by atoms with Crippen molar-refractivity contribution >= 4 is 5.91 Å². The summed E-state index contributed by atoms with van der Waals surface area (Å²) in [5.41, 5.74) is 0.273. The summed E-state index contributed by atoms with van der Waals surface area (Å²) in [7, 11) is 0. The lowest BCUT2D eigenvalue weighted by molar-refractivity contribution is -0.120. The second kappa shape index (κ2) is 3.25. The van der Waals surface area contributed by atoms with Gasteiger partial charge in [0, 0.05) is 17.9 Å². The molecule has 2 nitrogen and oxygen atoms in total. The molecule has 1 saturated heterocycles. The Morgan fingerprint density at radius 3 is 2.57 bits per heavy atom. The van der Waals surface area contributed by atoms with Gasteiger partial charge >= 0.3 is 0 Å². The molecule has 1 amide bonds. The maximum absolute atomic E-state index is 11.5. The number of rotatable bonds is 0. The first-order chi connectivity index (χ1) is 6.54. The van der Waals surface area contributed by atoms with Crippen LogP contribution in [0.2, 0.25) is 0 Å². The van der Waals surface area contributed by atoms with E-state index in [1.54, 1.807) is 0 Å². The molecule has 1 aliphatic carbocycles. The first-order valence-corrected chi connectivity index (χ1v) is 5.84. The monoisotopic (exact) mass is 195 g/mol. The second-order valence-electron chi connectivity index (χ2n) is 5.49. The van der Waals surface area contributed by atoms with Gasteiger partial charge in [-0.25, -0.2) is 0 Å². The molecule has 0 radical (unpaired) electrons. The molecule has 0 aromatic heterocycles. The number of hydrogen-bond acceptors (Lipinski definition) is 1. The molecule has 2 fully saturated rings. The summed E-state index contributed by atoms with van der Waals surface area (Å²) >= 11 is 0. The van der Waals surface area contributed by atoms with Crippen molar-refractivity contribution < 1.29 is 4.79 Å². The van der Waals surface area contributed by atoms with Gasteiger partial charge in [-0.1, -0.05) is 20.3 Å². The first kappa shape index (κ1) is 10.0. The summed E-state index contributed by atoms with van der Waals surface area (Å²) in [5.74, 6) is 1.76. The Labute approximate surface area is 86.5 Å². The van der Waals surface area contributed by atoms with E-state index >= 15 is 0 Å². The standard InChI is InChI=1S/C12H21NO/c1-8-4-5-9(2)12(6-8)7-11(14)13-10(12)3/h8-10H,4-7H2,1-3H3,(H,13,14). The van der Waals surface area contributed by atoms with Crippen LogP contribution in [0.4, 0.5) is 0 Å². The minimum absolute atomic E-state index is 0.262. The zero-order valence-electron chi connectivity index (χ0n) is 9.47. The lowest BCUT2D eigenvalue weighted by Gasteiger charge is -2.44. The van der Waals surface area contributed by atoms with Gasteiger partial charge in [-0.3, -0.25) is 4.79 Å². The molecule has 4 atom stereocenters. The summed E-state index contributed by atoms with van der Waals surface area (Å²) in [6, 6.07) is 0.382. The molecular weight excluding hydrogens is 174 g/mol. The predicted octanol–water partition coefficient (Wildman–Crippen LogP) is 2.34. The average Bonchev–Trinajstić information content (AvgIpc) is 2.36. The number of hydrogen-bond donors (Lipinski definition) is 1. The Morgan fingerprint density at radius 2 is 2.00 bits per heavy atom. The molecule has 1 N–H and O–H groups in total. The zero-order valence-corrected chi connectivity index (χ0v) is 9.47. The van der Waals surface area contributed by atoms with Gasteiger partial charge in [0.25, 0.3) is 0 Å². The maximum atomic E-state index is 11.5. The van der Waals surface area contributed by atoms with Crippen LogP contribution in [0.25, 0.3) is 0 Å². The summed E-state index contributed by atoms with van der Waals surface area (Å²) in [6.07, 6.45) is 4.62. The van der Waals surface area contributed by atoms with Crippen molar-refractivity contribution in [3.63, 3.8) is 0 Å². The van der Waals surface area contributed by atoms with E-state index in [0.29, 0.717) is 12.0 Å². The van der Waals surface area contributed by atoms with E-state index < -0.39 is 0 Å². The predicted molar refractivity (Wildman–Crippen MR) is 56.8 cm³/mol. The van der Waals surface area contributed by atoms with Crippen molar-refractivity contribution in [1.82, 2.24) is 5.32 Å². The lowest BCUT2D eigenvalue weighted by Crippen LogP contribution is -2.43. The Kier molecular flexibility index (Phi) is 2.32. The fourth-order valence-electron chi connectivity index (χ4n) is 3.51. The van der Waals surface area contributed by atoms with Gasteiger partial charge in [0.15, 0.2) is 0 Å². The Bertz CT molecular complexity index is 251. The molecule has 80 valence electrons. The molecule has 0 aromatic carbocycles. The lowest BCUT2D eigenvalue weighted by atomic mass is 9.60.